The largest absolute Gasteiger partial charge is 0.348 e. The van der Waals surface area contributed by atoms with E-state index in [-0.39, 0.29) is 0 Å². The van der Waals surface area contributed by atoms with Gasteiger partial charge in [0.2, 0.25) is 0 Å². The maximum Gasteiger partial charge on any atom is 0.0483 e. The quantitative estimate of drug-likeness (QED) is 0.827. The molecule has 3 heteroatoms. The second-order valence-electron chi connectivity index (χ2n) is 5.34. The number of fused-ring (bicyclic) bond motifs is 1. The first-order valence-corrected chi connectivity index (χ1v) is 6.64. The average Bonchev–Trinajstić information content (AvgIpc) is 2.63. The van der Waals surface area contributed by atoms with Crippen LogP contribution in [0.15, 0.2) is 24.3 Å². The van der Waals surface area contributed by atoms with Gasteiger partial charge in [-0.15, -0.1) is 0 Å². The summed E-state index contributed by atoms with van der Waals surface area (Å²) in [6.07, 6.45) is 0. The molecule has 1 atom stereocenters. The van der Waals surface area contributed by atoms with Crippen LogP contribution in [0.4, 0.5) is 0 Å². The number of hydrogen-bond donors (Lipinski definition) is 1. The van der Waals surface area contributed by atoms with Gasteiger partial charge in [-0.1, -0.05) is 18.2 Å². The molecule has 96 valence electrons. The van der Waals surface area contributed by atoms with Crippen LogP contribution >= 0.6 is 0 Å². The Morgan fingerprint density at radius 3 is 2.78 bits per heavy atom. The van der Waals surface area contributed by atoms with E-state index in [0.29, 0.717) is 6.04 Å². The number of aromatic nitrogens is 1. The van der Waals surface area contributed by atoms with Crippen molar-refractivity contribution in [1.82, 2.24) is 14.8 Å². The minimum atomic E-state index is 0.454. The average molecular weight is 243 g/mol. The smallest absolute Gasteiger partial charge is 0.0483 e. The summed E-state index contributed by atoms with van der Waals surface area (Å²) in [6, 6.07) is 9.16. The molecule has 1 aromatic carbocycles. The summed E-state index contributed by atoms with van der Waals surface area (Å²) < 4.78 is 2.31. The summed E-state index contributed by atoms with van der Waals surface area (Å²) in [4.78, 5) is 2.41. The predicted molar refractivity (Wildman–Crippen MR) is 75.9 cm³/mol. The van der Waals surface area contributed by atoms with Gasteiger partial charge in [0, 0.05) is 49.3 Å². The maximum absolute atomic E-state index is 3.66. The molecule has 1 aliphatic heterocycles. The normalized spacial score (nSPS) is 21.6. The number of aryl methyl sites for hydroxylation is 1. The Balaban J connectivity index is 2.13. The van der Waals surface area contributed by atoms with Gasteiger partial charge >= 0.3 is 0 Å². The summed E-state index contributed by atoms with van der Waals surface area (Å²) in [7, 11) is 4.36. The first kappa shape index (κ1) is 11.8. The van der Waals surface area contributed by atoms with Crippen LogP contribution in [-0.2, 0) is 7.05 Å². The van der Waals surface area contributed by atoms with Gasteiger partial charge < -0.3 is 14.8 Å². The van der Waals surface area contributed by atoms with Crippen LogP contribution in [0, 0.1) is 6.92 Å². The Hall–Kier alpha value is -1.32. The fraction of sp³-hybridized carbons (Fsp3) is 0.467. The molecule has 0 saturated carbocycles. The van der Waals surface area contributed by atoms with E-state index in [1.54, 1.807) is 0 Å². The van der Waals surface area contributed by atoms with Gasteiger partial charge in [0.15, 0.2) is 0 Å². The molecule has 3 rings (SSSR count). The molecule has 1 aliphatic rings. The Kier molecular flexibility index (Phi) is 2.88. The van der Waals surface area contributed by atoms with Gasteiger partial charge in [-0.05, 0) is 25.6 Å². The number of likely N-dealkylation sites (N-methyl/N-ethyl adjacent to an activating group) is 1. The highest BCUT2D eigenvalue weighted by molar-refractivity contribution is 5.86. The van der Waals surface area contributed by atoms with E-state index in [0.717, 1.165) is 19.6 Å². The lowest BCUT2D eigenvalue weighted by Crippen LogP contribution is -2.43. The van der Waals surface area contributed by atoms with E-state index in [1.165, 1.54) is 22.2 Å². The molecule has 1 fully saturated rings. The highest BCUT2D eigenvalue weighted by atomic mass is 15.2. The van der Waals surface area contributed by atoms with Crippen molar-refractivity contribution < 1.29 is 0 Å². The van der Waals surface area contributed by atoms with Crippen molar-refractivity contribution in [1.29, 1.82) is 0 Å². The Bertz CT molecular complexity index is 570. The predicted octanol–water partition coefficient (Wildman–Crippen LogP) is 2.06. The maximum atomic E-state index is 3.66. The summed E-state index contributed by atoms with van der Waals surface area (Å²) in [5.74, 6) is 0. The number of benzene rings is 1. The van der Waals surface area contributed by atoms with E-state index >= 15 is 0 Å². The van der Waals surface area contributed by atoms with Crippen LogP contribution in [-0.4, -0.2) is 36.1 Å². The number of nitrogens with zero attached hydrogens (tertiary/aromatic N) is 2. The number of para-hydroxylation sites is 1. The molecular formula is C15H21N3. The van der Waals surface area contributed by atoms with E-state index in [9.17, 15) is 0 Å². The number of nitrogens with one attached hydrogen (secondary N) is 1. The third-order valence-corrected chi connectivity index (χ3v) is 4.18. The van der Waals surface area contributed by atoms with Crippen LogP contribution in [0.1, 0.15) is 17.3 Å². The Labute approximate surface area is 108 Å². The zero-order valence-electron chi connectivity index (χ0n) is 11.4. The third kappa shape index (κ3) is 1.74. The summed E-state index contributed by atoms with van der Waals surface area (Å²) in [5, 5.41) is 5.05. The van der Waals surface area contributed by atoms with Crippen molar-refractivity contribution in [2.24, 2.45) is 7.05 Å². The van der Waals surface area contributed by atoms with Gasteiger partial charge in [0.25, 0.3) is 0 Å². The number of rotatable bonds is 1. The first-order valence-electron chi connectivity index (χ1n) is 6.64. The third-order valence-electron chi connectivity index (χ3n) is 4.18. The lowest BCUT2D eigenvalue weighted by molar-refractivity contribution is 0.241. The van der Waals surface area contributed by atoms with Crippen molar-refractivity contribution in [3.05, 3.63) is 35.5 Å². The molecule has 1 aromatic heterocycles. The van der Waals surface area contributed by atoms with Gasteiger partial charge in [0.05, 0.1) is 0 Å². The van der Waals surface area contributed by atoms with Gasteiger partial charge in [0.1, 0.15) is 0 Å². The highest BCUT2D eigenvalue weighted by Crippen LogP contribution is 2.31. The van der Waals surface area contributed by atoms with Crippen molar-refractivity contribution in [3.8, 4) is 0 Å². The van der Waals surface area contributed by atoms with Gasteiger partial charge in [-0.25, -0.2) is 0 Å². The topological polar surface area (TPSA) is 20.2 Å². The second kappa shape index (κ2) is 4.41. The van der Waals surface area contributed by atoms with Crippen molar-refractivity contribution >= 4 is 10.9 Å². The molecular weight excluding hydrogens is 222 g/mol. The van der Waals surface area contributed by atoms with E-state index in [1.807, 2.05) is 0 Å². The van der Waals surface area contributed by atoms with Crippen molar-refractivity contribution in [2.75, 3.05) is 26.7 Å². The standard InChI is InChI=1S/C15H21N3/c1-11-15(13-10-17(2)9-8-16-13)12-6-4-5-7-14(12)18(11)3/h4-7,13,16H,8-10H2,1-3H3. The molecule has 0 aliphatic carbocycles. The molecule has 0 bridgehead atoms. The number of piperazine rings is 1. The van der Waals surface area contributed by atoms with E-state index in [4.69, 9.17) is 0 Å². The lowest BCUT2D eigenvalue weighted by Gasteiger charge is -2.31. The minimum Gasteiger partial charge on any atom is -0.348 e. The second-order valence-corrected chi connectivity index (χ2v) is 5.34. The molecule has 0 radical (unpaired) electrons. The zero-order chi connectivity index (χ0) is 12.7. The summed E-state index contributed by atoms with van der Waals surface area (Å²) in [5.41, 5.74) is 4.18. The van der Waals surface area contributed by atoms with Crippen LogP contribution < -0.4 is 5.32 Å². The van der Waals surface area contributed by atoms with Crippen LogP contribution in [0.25, 0.3) is 10.9 Å². The first-order chi connectivity index (χ1) is 8.68. The van der Waals surface area contributed by atoms with Crippen molar-refractivity contribution in [2.45, 2.75) is 13.0 Å². The van der Waals surface area contributed by atoms with Crippen LogP contribution in [0.2, 0.25) is 0 Å². The molecule has 0 spiro atoms. The molecule has 3 nitrogen and oxygen atoms in total. The molecule has 1 unspecified atom stereocenters. The molecule has 18 heavy (non-hydrogen) atoms. The monoisotopic (exact) mass is 243 g/mol. The SMILES string of the molecule is Cc1c(C2CN(C)CCN2)c2ccccc2n1C. The highest BCUT2D eigenvalue weighted by Gasteiger charge is 2.23. The lowest BCUT2D eigenvalue weighted by atomic mass is 10.0. The van der Waals surface area contributed by atoms with Gasteiger partial charge in [-0.3, -0.25) is 0 Å². The minimum absolute atomic E-state index is 0.454. The molecule has 2 aromatic rings. The number of hydrogen-bond acceptors (Lipinski definition) is 2. The van der Waals surface area contributed by atoms with Crippen LogP contribution in [0.5, 0.6) is 0 Å². The Morgan fingerprint density at radius 1 is 1.22 bits per heavy atom. The fourth-order valence-corrected chi connectivity index (χ4v) is 3.08. The van der Waals surface area contributed by atoms with Gasteiger partial charge in [-0.2, -0.15) is 0 Å². The zero-order valence-corrected chi connectivity index (χ0v) is 11.4. The fourth-order valence-electron chi connectivity index (χ4n) is 3.08. The molecule has 1 N–H and O–H groups in total. The summed E-state index contributed by atoms with van der Waals surface area (Å²) in [6.45, 7) is 5.53. The summed E-state index contributed by atoms with van der Waals surface area (Å²) >= 11 is 0. The molecule has 1 saturated heterocycles. The Morgan fingerprint density at radius 2 is 2.00 bits per heavy atom. The molecule has 2 heterocycles. The van der Waals surface area contributed by atoms with Crippen molar-refractivity contribution in [3.63, 3.8) is 0 Å². The van der Waals surface area contributed by atoms with Crippen LogP contribution in [0.3, 0.4) is 0 Å². The van der Waals surface area contributed by atoms with E-state index in [2.05, 4.69) is 60.1 Å². The van der Waals surface area contributed by atoms with E-state index < -0.39 is 0 Å². The molecule has 0 amide bonds.